The first-order valence-electron chi connectivity index (χ1n) is 6.30. The van der Waals surface area contributed by atoms with Crippen molar-refractivity contribution in [3.05, 3.63) is 72.8 Å². The van der Waals surface area contributed by atoms with Gasteiger partial charge in [-0.2, -0.15) is 0 Å². The Balaban J connectivity index is 1.99. The molecule has 0 nitrogen and oxygen atoms in total. The van der Waals surface area contributed by atoms with Crippen LogP contribution in [0.15, 0.2) is 66.7 Å². The zero-order chi connectivity index (χ0) is 12.7. The molecule has 0 spiro atoms. The Labute approximate surface area is 115 Å². The summed E-state index contributed by atoms with van der Waals surface area (Å²) < 4.78 is 2.70. The van der Waals surface area contributed by atoms with E-state index in [-0.39, 0.29) is 0 Å². The van der Waals surface area contributed by atoms with Gasteiger partial charge >= 0.3 is 0 Å². The van der Waals surface area contributed by atoms with Crippen molar-refractivity contribution in [2.45, 2.75) is 0 Å². The maximum atomic E-state index is 3.29. The molecule has 1 aromatic heterocycles. The van der Waals surface area contributed by atoms with Gasteiger partial charge in [-0.05, 0) is 29.3 Å². The summed E-state index contributed by atoms with van der Waals surface area (Å²) >= 11 is 1.86. The van der Waals surface area contributed by atoms with E-state index in [1.807, 2.05) is 23.5 Å². The van der Waals surface area contributed by atoms with Gasteiger partial charge in [0.05, 0.1) is 0 Å². The molecule has 0 bridgehead atoms. The smallest absolute Gasteiger partial charge is 0.0361 e. The third-order valence-electron chi connectivity index (χ3n) is 3.40. The van der Waals surface area contributed by atoms with Crippen LogP contribution in [-0.4, -0.2) is 0 Å². The molecule has 0 aliphatic carbocycles. The lowest BCUT2D eigenvalue weighted by Gasteiger charge is -2.00. The van der Waals surface area contributed by atoms with Crippen molar-refractivity contribution in [3.8, 4) is 11.1 Å². The second-order valence-electron chi connectivity index (χ2n) is 4.59. The molecule has 0 atom stereocenters. The molecule has 1 heteroatoms. The minimum absolute atomic E-state index is 1.15. The largest absolute Gasteiger partial charge is 0.135 e. The second-order valence-corrected chi connectivity index (χ2v) is 5.67. The van der Waals surface area contributed by atoms with Gasteiger partial charge in [-0.25, -0.2) is 0 Å². The van der Waals surface area contributed by atoms with E-state index in [9.17, 15) is 0 Å². The van der Waals surface area contributed by atoms with Crippen LogP contribution in [0.25, 0.3) is 31.3 Å². The number of benzene rings is 3. The summed E-state index contributed by atoms with van der Waals surface area (Å²) in [5.74, 6) is 0. The van der Waals surface area contributed by atoms with Crippen molar-refractivity contribution in [1.82, 2.24) is 0 Å². The topological polar surface area (TPSA) is 0 Å². The lowest BCUT2D eigenvalue weighted by Crippen LogP contribution is -1.76. The van der Waals surface area contributed by atoms with Gasteiger partial charge in [0.1, 0.15) is 0 Å². The summed E-state index contributed by atoms with van der Waals surface area (Å²) in [5.41, 5.74) is 2.39. The maximum absolute atomic E-state index is 3.29. The predicted molar refractivity (Wildman–Crippen MR) is 83.6 cm³/mol. The van der Waals surface area contributed by atoms with Crippen molar-refractivity contribution in [3.63, 3.8) is 0 Å². The Kier molecular flexibility index (Phi) is 2.39. The van der Waals surface area contributed by atoms with Crippen molar-refractivity contribution >= 4 is 31.5 Å². The molecule has 89 valence electrons. The van der Waals surface area contributed by atoms with Crippen molar-refractivity contribution in [2.75, 3.05) is 0 Å². The molecule has 0 aliphatic heterocycles. The maximum Gasteiger partial charge on any atom is 0.0361 e. The summed E-state index contributed by atoms with van der Waals surface area (Å²) in [7, 11) is 0. The highest BCUT2D eigenvalue weighted by atomic mass is 32.1. The molecule has 0 amide bonds. The van der Waals surface area contributed by atoms with Gasteiger partial charge < -0.3 is 0 Å². The Morgan fingerprint density at radius 3 is 2.47 bits per heavy atom. The number of hydrogen-bond acceptors (Lipinski definition) is 1. The zero-order valence-corrected chi connectivity index (χ0v) is 11.1. The first-order chi connectivity index (χ1) is 9.42. The zero-order valence-electron chi connectivity index (χ0n) is 10.3. The van der Waals surface area contributed by atoms with E-state index in [2.05, 4.69) is 60.7 Å². The van der Waals surface area contributed by atoms with Crippen LogP contribution >= 0.6 is 11.3 Å². The number of rotatable bonds is 1. The molecule has 4 rings (SSSR count). The van der Waals surface area contributed by atoms with Gasteiger partial charge in [-0.1, -0.05) is 54.6 Å². The summed E-state index contributed by atoms with van der Waals surface area (Å²) in [5, 5.41) is 2.70. The predicted octanol–water partition coefficient (Wildman–Crippen LogP) is 5.52. The molecule has 0 unspecified atom stereocenters. The fourth-order valence-corrected chi connectivity index (χ4v) is 3.61. The summed E-state index contributed by atoms with van der Waals surface area (Å²) in [6, 6.07) is 26.7. The van der Waals surface area contributed by atoms with Crippen LogP contribution in [0.4, 0.5) is 0 Å². The average Bonchev–Trinajstić information content (AvgIpc) is 2.86. The van der Waals surface area contributed by atoms with Gasteiger partial charge in [0, 0.05) is 20.2 Å². The minimum Gasteiger partial charge on any atom is -0.135 e. The Morgan fingerprint density at radius 1 is 0.737 bits per heavy atom. The Bertz CT molecular complexity index is 857. The normalized spacial score (nSPS) is 11.2. The van der Waals surface area contributed by atoms with E-state index in [0.29, 0.717) is 0 Å². The molecule has 0 fully saturated rings. The molecular formula is C18H11S. The highest BCUT2D eigenvalue weighted by molar-refractivity contribution is 7.25. The summed E-state index contributed by atoms with van der Waals surface area (Å²) in [4.78, 5) is 0. The monoisotopic (exact) mass is 259 g/mol. The van der Waals surface area contributed by atoms with Gasteiger partial charge in [-0.3, -0.25) is 0 Å². The Hall–Kier alpha value is -2.12. The molecule has 19 heavy (non-hydrogen) atoms. The van der Waals surface area contributed by atoms with Crippen LogP contribution in [0, 0.1) is 6.07 Å². The van der Waals surface area contributed by atoms with E-state index in [1.165, 1.54) is 25.7 Å². The summed E-state index contributed by atoms with van der Waals surface area (Å²) in [6.45, 7) is 0. The van der Waals surface area contributed by atoms with E-state index >= 15 is 0 Å². The molecule has 0 saturated carbocycles. The fourth-order valence-electron chi connectivity index (χ4n) is 2.47. The van der Waals surface area contributed by atoms with E-state index in [1.54, 1.807) is 0 Å². The van der Waals surface area contributed by atoms with E-state index < -0.39 is 0 Å². The molecule has 3 aromatic carbocycles. The number of fused-ring (bicyclic) bond motifs is 3. The third kappa shape index (κ3) is 1.74. The second kappa shape index (κ2) is 4.22. The van der Waals surface area contributed by atoms with Gasteiger partial charge in [-0.15, -0.1) is 11.3 Å². The van der Waals surface area contributed by atoms with Crippen LogP contribution in [0.1, 0.15) is 0 Å². The number of thiophene rings is 1. The standard InChI is InChI=1S/C18H11S/c1-2-6-13(7-3-1)14-10-11-16-15-8-4-5-9-17(15)19-18(16)12-14/h1-6,8-12H. The van der Waals surface area contributed by atoms with Gasteiger partial charge in [0.2, 0.25) is 0 Å². The van der Waals surface area contributed by atoms with Crippen LogP contribution < -0.4 is 0 Å². The molecular weight excluding hydrogens is 248 g/mol. The minimum atomic E-state index is 1.15. The summed E-state index contributed by atoms with van der Waals surface area (Å²) in [6.07, 6.45) is 0. The lowest BCUT2D eigenvalue weighted by atomic mass is 10.0. The van der Waals surface area contributed by atoms with Gasteiger partial charge in [0.25, 0.3) is 0 Å². The molecule has 0 N–H and O–H groups in total. The quantitative estimate of drug-likeness (QED) is 0.422. The first-order valence-corrected chi connectivity index (χ1v) is 7.12. The van der Waals surface area contributed by atoms with Crippen LogP contribution in [0.5, 0.6) is 0 Å². The SMILES string of the molecule is [c]1ccccc1-c1ccc2c(c1)sc1ccccc12. The lowest BCUT2D eigenvalue weighted by molar-refractivity contribution is 1.64. The first kappa shape index (κ1) is 10.8. The average molecular weight is 259 g/mol. The highest BCUT2D eigenvalue weighted by Crippen LogP contribution is 2.35. The Morgan fingerprint density at radius 2 is 1.58 bits per heavy atom. The van der Waals surface area contributed by atoms with E-state index in [4.69, 9.17) is 0 Å². The molecule has 4 aromatic rings. The van der Waals surface area contributed by atoms with Crippen molar-refractivity contribution in [2.24, 2.45) is 0 Å². The van der Waals surface area contributed by atoms with Crippen LogP contribution in [0.2, 0.25) is 0 Å². The molecule has 1 heterocycles. The van der Waals surface area contributed by atoms with Crippen molar-refractivity contribution in [1.29, 1.82) is 0 Å². The molecule has 1 radical (unpaired) electrons. The fraction of sp³-hybridized carbons (Fsp3) is 0. The van der Waals surface area contributed by atoms with Crippen LogP contribution in [0.3, 0.4) is 0 Å². The highest BCUT2D eigenvalue weighted by Gasteiger charge is 2.05. The van der Waals surface area contributed by atoms with Gasteiger partial charge in [0.15, 0.2) is 0 Å². The number of hydrogen-bond donors (Lipinski definition) is 0. The van der Waals surface area contributed by atoms with Crippen LogP contribution in [-0.2, 0) is 0 Å². The molecule has 0 aliphatic rings. The third-order valence-corrected chi connectivity index (χ3v) is 4.53. The molecule has 0 saturated heterocycles. The van der Waals surface area contributed by atoms with Crippen molar-refractivity contribution < 1.29 is 0 Å². The van der Waals surface area contributed by atoms with E-state index in [0.717, 1.165) is 5.56 Å².